The van der Waals surface area contributed by atoms with Crippen molar-refractivity contribution >= 4 is 10.0 Å². The van der Waals surface area contributed by atoms with Crippen LogP contribution < -0.4 is 14.2 Å². The normalized spacial score (nSPS) is 20.2. The fourth-order valence-electron chi connectivity index (χ4n) is 3.41. The molecule has 7 nitrogen and oxygen atoms in total. The van der Waals surface area contributed by atoms with E-state index in [1.807, 2.05) is 36.4 Å². The standard InChI is InChI=1S/C20H26N2O5S/c1-22-20(16-9-10-17(25-2)18(13-16)26-3)19(14-27-22)28(23,24)21-12-11-15-7-5-4-6-8-15/h4-10,13,19-21H,11-12,14H2,1-3H3. The molecule has 0 amide bonds. The van der Waals surface area contributed by atoms with Crippen LogP contribution in [0.3, 0.4) is 0 Å². The van der Waals surface area contributed by atoms with Crippen molar-refractivity contribution < 1.29 is 22.7 Å². The molecule has 0 bridgehead atoms. The SMILES string of the molecule is COc1ccc(C2C(S(=O)(=O)NCCc3ccccc3)CON2C)cc1OC. The number of hydroxylamine groups is 2. The van der Waals surface area contributed by atoms with Crippen molar-refractivity contribution in [3.05, 3.63) is 59.7 Å². The van der Waals surface area contributed by atoms with E-state index < -0.39 is 21.3 Å². The Hall–Kier alpha value is -2.13. The first-order valence-corrected chi connectivity index (χ1v) is 10.6. The van der Waals surface area contributed by atoms with E-state index in [-0.39, 0.29) is 6.61 Å². The van der Waals surface area contributed by atoms with Gasteiger partial charge in [-0.15, -0.1) is 0 Å². The van der Waals surface area contributed by atoms with E-state index in [0.717, 1.165) is 11.1 Å². The van der Waals surface area contributed by atoms with Crippen molar-refractivity contribution in [2.45, 2.75) is 17.7 Å². The van der Waals surface area contributed by atoms with Crippen LogP contribution in [0.2, 0.25) is 0 Å². The van der Waals surface area contributed by atoms with Crippen molar-refractivity contribution in [3.63, 3.8) is 0 Å². The molecule has 0 aliphatic carbocycles. The lowest BCUT2D eigenvalue weighted by molar-refractivity contribution is -0.110. The summed E-state index contributed by atoms with van der Waals surface area (Å²) in [5.41, 5.74) is 1.87. The van der Waals surface area contributed by atoms with Crippen LogP contribution in [0, 0.1) is 0 Å². The lowest BCUT2D eigenvalue weighted by Gasteiger charge is -2.24. The number of hydrogen-bond acceptors (Lipinski definition) is 6. The summed E-state index contributed by atoms with van der Waals surface area (Å²) in [5.74, 6) is 1.14. The molecule has 1 fully saturated rings. The molecule has 0 radical (unpaired) electrons. The van der Waals surface area contributed by atoms with Crippen LogP contribution in [-0.4, -0.2) is 53.1 Å². The Bertz CT molecular complexity index is 889. The second kappa shape index (κ2) is 8.91. The summed E-state index contributed by atoms with van der Waals surface area (Å²) >= 11 is 0. The second-order valence-corrected chi connectivity index (χ2v) is 8.60. The number of hydrogen-bond donors (Lipinski definition) is 1. The van der Waals surface area contributed by atoms with E-state index in [1.165, 1.54) is 0 Å². The number of benzene rings is 2. The van der Waals surface area contributed by atoms with Crippen molar-refractivity contribution in [3.8, 4) is 11.5 Å². The summed E-state index contributed by atoms with van der Waals surface area (Å²) < 4.78 is 39.3. The van der Waals surface area contributed by atoms with E-state index in [2.05, 4.69) is 4.72 Å². The van der Waals surface area contributed by atoms with E-state index in [1.54, 1.807) is 38.5 Å². The Morgan fingerprint density at radius 3 is 2.50 bits per heavy atom. The van der Waals surface area contributed by atoms with Gasteiger partial charge in [-0.1, -0.05) is 36.4 Å². The maximum atomic E-state index is 13.0. The molecule has 8 heteroatoms. The Labute approximate surface area is 166 Å². The van der Waals surface area contributed by atoms with E-state index in [9.17, 15) is 8.42 Å². The predicted octanol–water partition coefficient (Wildman–Crippen LogP) is 2.15. The third-order valence-corrected chi connectivity index (χ3v) is 6.69. The summed E-state index contributed by atoms with van der Waals surface area (Å²) in [6, 6.07) is 14.7. The zero-order valence-corrected chi connectivity index (χ0v) is 17.1. The van der Waals surface area contributed by atoms with Gasteiger partial charge in [0.05, 0.1) is 26.9 Å². The molecule has 0 spiro atoms. The molecular weight excluding hydrogens is 380 g/mol. The van der Waals surface area contributed by atoms with E-state index in [4.69, 9.17) is 14.3 Å². The Morgan fingerprint density at radius 2 is 1.82 bits per heavy atom. The molecule has 1 aliphatic rings. The van der Waals surface area contributed by atoms with Gasteiger partial charge in [-0.2, -0.15) is 5.06 Å². The number of nitrogens with zero attached hydrogens (tertiary/aromatic N) is 1. The smallest absolute Gasteiger partial charge is 0.218 e. The quantitative estimate of drug-likeness (QED) is 0.724. The molecule has 3 rings (SSSR count). The van der Waals surface area contributed by atoms with Gasteiger partial charge in [0.25, 0.3) is 0 Å². The highest BCUT2D eigenvalue weighted by atomic mass is 32.2. The summed E-state index contributed by atoms with van der Waals surface area (Å²) in [6.07, 6.45) is 0.629. The van der Waals surface area contributed by atoms with Crippen molar-refractivity contribution in [2.75, 3.05) is 34.4 Å². The van der Waals surface area contributed by atoms with Gasteiger partial charge in [0.15, 0.2) is 11.5 Å². The second-order valence-electron chi connectivity index (χ2n) is 6.61. The molecule has 2 unspecified atom stereocenters. The Balaban J connectivity index is 1.76. The Morgan fingerprint density at radius 1 is 1.11 bits per heavy atom. The molecule has 1 aliphatic heterocycles. The third kappa shape index (κ3) is 4.47. The van der Waals surface area contributed by atoms with Crippen LogP contribution in [0.25, 0.3) is 0 Å². The largest absolute Gasteiger partial charge is 0.493 e. The van der Waals surface area contributed by atoms with Gasteiger partial charge < -0.3 is 9.47 Å². The molecule has 152 valence electrons. The van der Waals surface area contributed by atoms with Crippen LogP contribution in [0.5, 0.6) is 11.5 Å². The van der Waals surface area contributed by atoms with E-state index >= 15 is 0 Å². The first-order valence-electron chi connectivity index (χ1n) is 9.06. The number of sulfonamides is 1. The monoisotopic (exact) mass is 406 g/mol. The van der Waals surface area contributed by atoms with Gasteiger partial charge in [0, 0.05) is 13.6 Å². The first kappa shape index (κ1) is 20.6. The molecule has 2 aromatic rings. The molecule has 0 saturated carbocycles. The van der Waals surface area contributed by atoms with Crippen molar-refractivity contribution in [1.29, 1.82) is 0 Å². The Kier molecular flexibility index (Phi) is 6.56. The highest BCUT2D eigenvalue weighted by molar-refractivity contribution is 7.90. The minimum Gasteiger partial charge on any atom is -0.493 e. The molecule has 2 aromatic carbocycles. The molecule has 1 heterocycles. The van der Waals surface area contributed by atoms with E-state index in [0.29, 0.717) is 24.5 Å². The summed E-state index contributed by atoms with van der Waals surface area (Å²) in [6.45, 7) is 0.432. The highest BCUT2D eigenvalue weighted by Gasteiger charge is 2.43. The average Bonchev–Trinajstić information content (AvgIpc) is 3.10. The molecule has 2 atom stereocenters. The zero-order valence-electron chi connectivity index (χ0n) is 16.3. The average molecular weight is 407 g/mol. The van der Waals surface area contributed by atoms with Gasteiger partial charge >= 0.3 is 0 Å². The van der Waals surface area contributed by atoms with Gasteiger partial charge in [0.1, 0.15) is 5.25 Å². The van der Waals surface area contributed by atoms with Crippen molar-refractivity contribution in [1.82, 2.24) is 9.79 Å². The number of rotatable bonds is 8. The maximum absolute atomic E-state index is 13.0. The topological polar surface area (TPSA) is 77.1 Å². The minimum atomic E-state index is -3.58. The van der Waals surface area contributed by atoms with Crippen LogP contribution >= 0.6 is 0 Å². The van der Waals surface area contributed by atoms with Gasteiger partial charge in [-0.3, -0.25) is 4.84 Å². The van der Waals surface area contributed by atoms with Crippen LogP contribution in [0.15, 0.2) is 48.5 Å². The van der Waals surface area contributed by atoms with Crippen LogP contribution in [0.4, 0.5) is 0 Å². The minimum absolute atomic E-state index is 0.0934. The molecular formula is C20H26N2O5S. The first-order chi connectivity index (χ1) is 13.5. The number of methoxy groups -OCH3 is 2. The lowest BCUT2D eigenvalue weighted by Crippen LogP contribution is -2.40. The summed E-state index contributed by atoms with van der Waals surface area (Å²) in [4.78, 5) is 5.56. The van der Waals surface area contributed by atoms with Gasteiger partial charge in [-0.25, -0.2) is 13.1 Å². The maximum Gasteiger partial charge on any atom is 0.218 e. The third-order valence-electron chi connectivity index (χ3n) is 4.89. The molecule has 1 saturated heterocycles. The van der Waals surface area contributed by atoms with Crippen LogP contribution in [-0.2, 0) is 21.3 Å². The van der Waals surface area contributed by atoms with Gasteiger partial charge in [0.2, 0.25) is 10.0 Å². The fourth-order valence-corrected chi connectivity index (χ4v) is 4.92. The molecule has 1 N–H and O–H groups in total. The zero-order chi connectivity index (χ0) is 20.1. The number of ether oxygens (including phenoxy) is 2. The predicted molar refractivity (Wildman–Crippen MR) is 107 cm³/mol. The summed E-state index contributed by atoms with van der Waals surface area (Å²) in [7, 11) is 1.27. The molecule has 28 heavy (non-hydrogen) atoms. The van der Waals surface area contributed by atoms with Crippen LogP contribution in [0.1, 0.15) is 17.2 Å². The number of nitrogens with one attached hydrogen (secondary N) is 1. The van der Waals surface area contributed by atoms with Crippen molar-refractivity contribution in [2.24, 2.45) is 0 Å². The summed E-state index contributed by atoms with van der Waals surface area (Å²) in [5, 5.41) is 0.855. The molecule has 0 aromatic heterocycles. The van der Waals surface area contributed by atoms with Gasteiger partial charge in [-0.05, 0) is 29.7 Å². The highest BCUT2D eigenvalue weighted by Crippen LogP contribution is 2.37. The lowest BCUT2D eigenvalue weighted by atomic mass is 10.0. The fraction of sp³-hybridized carbons (Fsp3) is 0.400.